The number of ether oxygens (including phenoxy) is 1. The predicted molar refractivity (Wildman–Crippen MR) is 68.9 cm³/mol. The van der Waals surface area contributed by atoms with E-state index in [9.17, 15) is 0 Å². The van der Waals surface area contributed by atoms with Crippen molar-refractivity contribution in [2.24, 2.45) is 0 Å². The van der Waals surface area contributed by atoms with Gasteiger partial charge in [0.2, 0.25) is 5.88 Å². The lowest BCUT2D eigenvalue weighted by Gasteiger charge is -2.19. The van der Waals surface area contributed by atoms with Gasteiger partial charge in [0.05, 0.1) is 18.4 Å². The minimum absolute atomic E-state index is 0.0644. The van der Waals surface area contributed by atoms with E-state index < -0.39 is 0 Å². The second-order valence-corrected chi connectivity index (χ2v) is 5.64. The fourth-order valence-corrected chi connectivity index (χ4v) is 2.08. The van der Waals surface area contributed by atoms with E-state index in [2.05, 4.69) is 25.9 Å². The lowest BCUT2D eigenvalue weighted by Crippen LogP contribution is -2.14. The average Bonchev–Trinajstić information content (AvgIpc) is 2.67. The van der Waals surface area contributed by atoms with Crippen LogP contribution in [0.1, 0.15) is 32.2 Å². The van der Waals surface area contributed by atoms with Crippen LogP contribution in [0.3, 0.4) is 0 Å². The van der Waals surface area contributed by atoms with Crippen LogP contribution in [0, 0.1) is 0 Å². The van der Waals surface area contributed by atoms with Crippen LogP contribution in [0.25, 0.3) is 0 Å². The van der Waals surface area contributed by atoms with Gasteiger partial charge in [0.15, 0.2) is 5.75 Å². The standard InChI is InChI=1S/C14H17N3O/c1-14(2,3)12-5-4-11-10(16-12)7-9-17-13(18-11)6-8-15-17/h4-6,8H,7,9H2,1-3H3. The molecule has 0 saturated heterocycles. The van der Waals surface area contributed by atoms with E-state index in [-0.39, 0.29) is 5.41 Å². The Morgan fingerprint density at radius 1 is 1.22 bits per heavy atom. The van der Waals surface area contributed by atoms with Crippen LogP contribution in [0.4, 0.5) is 0 Å². The van der Waals surface area contributed by atoms with Gasteiger partial charge in [-0.2, -0.15) is 5.10 Å². The SMILES string of the molecule is CC(C)(C)c1ccc2c(n1)CCn1nccc1O2. The highest BCUT2D eigenvalue weighted by Gasteiger charge is 2.20. The van der Waals surface area contributed by atoms with Crippen molar-refractivity contribution in [2.75, 3.05) is 0 Å². The molecule has 0 N–H and O–H groups in total. The van der Waals surface area contributed by atoms with Crippen molar-refractivity contribution in [1.82, 2.24) is 14.8 Å². The van der Waals surface area contributed by atoms with Gasteiger partial charge >= 0.3 is 0 Å². The van der Waals surface area contributed by atoms with Crippen molar-refractivity contribution in [2.45, 2.75) is 39.2 Å². The van der Waals surface area contributed by atoms with Gasteiger partial charge in [-0.1, -0.05) is 20.8 Å². The van der Waals surface area contributed by atoms with Crippen LogP contribution in [-0.2, 0) is 18.4 Å². The number of rotatable bonds is 0. The molecule has 18 heavy (non-hydrogen) atoms. The summed E-state index contributed by atoms with van der Waals surface area (Å²) in [7, 11) is 0. The summed E-state index contributed by atoms with van der Waals surface area (Å²) in [4.78, 5) is 4.74. The van der Waals surface area contributed by atoms with E-state index >= 15 is 0 Å². The van der Waals surface area contributed by atoms with E-state index in [1.54, 1.807) is 6.20 Å². The summed E-state index contributed by atoms with van der Waals surface area (Å²) in [6, 6.07) is 5.95. The van der Waals surface area contributed by atoms with Gasteiger partial charge in [-0.15, -0.1) is 0 Å². The minimum atomic E-state index is 0.0644. The summed E-state index contributed by atoms with van der Waals surface area (Å²) in [6.07, 6.45) is 2.62. The van der Waals surface area contributed by atoms with Crippen molar-refractivity contribution < 1.29 is 4.74 Å². The zero-order valence-electron chi connectivity index (χ0n) is 11.0. The Balaban J connectivity index is 2.01. The third kappa shape index (κ3) is 1.88. The summed E-state index contributed by atoms with van der Waals surface area (Å²) in [5, 5.41) is 4.23. The Morgan fingerprint density at radius 2 is 2.06 bits per heavy atom. The Bertz CT molecular complexity index is 581. The summed E-state index contributed by atoms with van der Waals surface area (Å²) >= 11 is 0. The maximum absolute atomic E-state index is 5.85. The molecule has 0 aliphatic carbocycles. The lowest BCUT2D eigenvalue weighted by atomic mass is 9.91. The first-order valence-electron chi connectivity index (χ1n) is 6.24. The highest BCUT2D eigenvalue weighted by Crippen LogP contribution is 2.30. The van der Waals surface area contributed by atoms with Gasteiger partial charge in [-0.25, -0.2) is 4.68 Å². The third-order valence-electron chi connectivity index (χ3n) is 3.15. The molecule has 2 aromatic rings. The van der Waals surface area contributed by atoms with Crippen molar-refractivity contribution in [3.8, 4) is 11.6 Å². The quantitative estimate of drug-likeness (QED) is 0.714. The molecule has 4 nitrogen and oxygen atoms in total. The Labute approximate surface area is 107 Å². The van der Waals surface area contributed by atoms with Crippen LogP contribution in [0.15, 0.2) is 24.4 Å². The molecular weight excluding hydrogens is 226 g/mol. The van der Waals surface area contributed by atoms with E-state index in [1.165, 1.54) is 0 Å². The Hall–Kier alpha value is -1.84. The lowest BCUT2D eigenvalue weighted by molar-refractivity contribution is 0.427. The number of hydrogen-bond donors (Lipinski definition) is 0. The molecule has 3 heterocycles. The number of aryl methyl sites for hydroxylation is 2. The predicted octanol–water partition coefficient (Wildman–Crippen LogP) is 2.92. The Morgan fingerprint density at radius 3 is 2.83 bits per heavy atom. The largest absolute Gasteiger partial charge is 0.437 e. The molecule has 0 fully saturated rings. The van der Waals surface area contributed by atoms with E-state index in [4.69, 9.17) is 9.72 Å². The second kappa shape index (κ2) is 3.83. The molecule has 4 heteroatoms. The number of aromatic nitrogens is 3. The van der Waals surface area contributed by atoms with Crippen molar-refractivity contribution in [1.29, 1.82) is 0 Å². The molecule has 0 atom stereocenters. The third-order valence-corrected chi connectivity index (χ3v) is 3.15. The molecule has 3 rings (SSSR count). The molecular formula is C14H17N3O. The second-order valence-electron chi connectivity index (χ2n) is 5.64. The van der Waals surface area contributed by atoms with Crippen LogP contribution < -0.4 is 4.74 Å². The zero-order valence-corrected chi connectivity index (χ0v) is 11.0. The first-order valence-corrected chi connectivity index (χ1v) is 6.24. The summed E-state index contributed by atoms with van der Waals surface area (Å²) in [5.74, 6) is 1.64. The zero-order chi connectivity index (χ0) is 12.8. The topological polar surface area (TPSA) is 39.9 Å². The van der Waals surface area contributed by atoms with E-state index in [1.807, 2.05) is 22.9 Å². The molecule has 94 valence electrons. The van der Waals surface area contributed by atoms with Crippen LogP contribution >= 0.6 is 0 Å². The van der Waals surface area contributed by atoms with Crippen LogP contribution in [0.5, 0.6) is 11.6 Å². The van der Waals surface area contributed by atoms with E-state index in [0.29, 0.717) is 0 Å². The molecule has 0 unspecified atom stereocenters. The smallest absolute Gasteiger partial charge is 0.217 e. The molecule has 0 aromatic carbocycles. The minimum Gasteiger partial charge on any atom is -0.437 e. The molecule has 1 aliphatic heterocycles. The van der Waals surface area contributed by atoms with Crippen molar-refractivity contribution >= 4 is 0 Å². The van der Waals surface area contributed by atoms with Gasteiger partial charge < -0.3 is 4.74 Å². The van der Waals surface area contributed by atoms with Gasteiger partial charge in [0.25, 0.3) is 0 Å². The average molecular weight is 243 g/mol. The molecule has 1 aliphatic rings. The van der Waals surface area contributed by atoms with Gasteiger partial charge in [0.1, 0.15) is 0 Å². The molecule has 0 bridgehead atoms. The van der Waals surface area contributed by atoms with Crippen LogP contribution in [0.2, 0.25) is 0 Å². The van der Waals surface area contributed by atoms with Gasteiger partial charge in [0, 0.05) is 23.6 Å². The normalized spacial score (nSPS) is 14.4. The first-order chi connectivity index (χ1) is 8.54. The van der Waals surface area contributed by atoms with Crippen molar-refractivity contribution in [3.63, 3.8) is 0 Å². The summed E-state index contributed by atoms with van der Waals surface area (Å²) in [6.45, 7) is 7.33. The molecule has 0 spiro atoms. The summed E-state index contributed by atoms with van der Waals surface area (Å²) < 4.78 is 7.72. The monoisotopic (exact) mass is 243 g/mol. The molecule has 0 radical (unpaired) electrons. The highest BCUT2D eigenvalue weighted by atomic mass is 16.5. The number of pyridine rings is 1. The fourth-order valence-electron chi connectivity index (χ4n) is 2.08. The molecule has 0 saturated carbocycles. The number of hydrogen-bond acceptors (Lipinski definition) is 3. The van der Waals surface area contributed by atoms with Crippen LogP contribution in [-0.4, -0.2) is 14.8 Å². The number of nitrogens with zero attached hydrogens (tertiary/aromatic N) is 3. The Kier molecular flexibility index (Phi) is 2.40. The molecule has 0 amide bonds. The maximum atomic E-state index is 5.85. The molecule has 2 aromatic heterocycles. The summed E-state index contributed by atoms with van der Waals surface area (Å²) in [5.41, 5.74) is 2.19. The van der Waals surface area contributed by atoms with Gasteiger partial charge in [-0.3, -0.25) is 4.98 Å². The first kappa shape index (κ1) is 11.3. The fraction of sp³-hybridized carbons (Fsp3) is 0.429. The van der Waals surface area contributed by atoms with Gasteiger partial charge in [-0.05, 0) is 12.1 Å². The number of fused-ring (bicyclic) bond motifs is 2. The maximum Gasteiger partial charge on any atom is 0.217 e. The highest BCUT2D eigenvalue weighted by molar-refractivity contribution is 5.35. The van der Waals surface area contributed by atoms with E-state index in [0.717, 1.165) is 36.0 Å². The van der Waals surface area contributed by atoms with Crippen molar-refractivity contribution in [3.05, 3.63) is 35.8 Å².